The van der Waals surface area contributed by atoms with Crippen molar-refractivity contribution >= 4 is 11.6 Å². The van der Waals surface area contributed by atoms with Crippen LogP contribution >= 0.6 is 11.6 Å². The lowest BCUT2D eigenvalue weighted by Crippen LogP contribution is -2.19. The van der Waals surface area contributed by atoms with Gasteiger partial charge in [-0.05, 0) is 49.5 Å². The molecule has 1 aliphatic carbocycles. The molecule has 96 valence electrons. The van der Waals surface area contributed by atoms with Crippen LogP contribution in [0.1, 0.15) is 37.5 Å². The van der Waals surface area contributed by atoms with Crippen molar-refractivity contribution in [3.8, 4) is 0 Å². The highest BCUT2D eigenvalue weighted by Gasteiger charge is 2.40. The fourth-order valence-corrected chi connectivity index (χ4v) is 2.62. The minimum absolute atomic E-state index is 0.00696. The van der Waals surface area contributed by atoms with Crippen LogP contribution in [-0.2, 0) is 0 Å². The monoisotopic (exact) mass is 263 g/mol. The van der Waals surface area contributed by atoms with Crippen molar-refractivity contribution in [2.24, 2.45) is 5.92 Å². The molecule has 0 aliphatic heterocycles. The van der Waals surface area contributed by atoms with E-state index in [2.05, 4.69) is 5.32 Å². The van der Waals surface area contributed by atoms with Gasteiger partial charge in [0.05, 0.1) is 6.04 Å². The zero-order valence-corrected chi connectivity index (χ0v) is 10.4. The van der Waals surface area contributed by atoms with E-state index < -0.39 is 5.92 Å². The number of alkyl halides is 2. The molecule has 2 atom stereocenters. The highest BCUT2D eigenvalue weighted by atomic mass is 35.5. The molecule has 1 aliphatic rings. The van der Waals surface area contributed by atoms with E-state index in [-0.39, 0.29) is 24.8 Å². The molecule has 5 heteroatoms. The molecule has 1 aromatic heterocycles. The van der Waals surface area contributed by atoms with Crippen molar-refractivity contribution in [1.82, 2.24) is 5.32 Å². The summed E-state index contributed by atoms with van der Waals surface area (Å²) in [7, 11) is 1.80. The van der Waals surface area contributed by atoms with Crippen molar-refractivity contribution in [3.05, 3.63) is 23.1 Å². The average Bonchev–Trinajstić information content (AvgIpc) is 2.81. The van der Waals surface area contributed by atoms with Crippen molar-refractivity contribution in [1.29, 1.82) is 0 Å². The predicted octanol–water partition coefficient (Wildman–Crippen LogP) is 4.02. The van der Waals surface area contributed by atoms with Crippen LogP contribution in [0.5, 0.6) is 0 Å². The van der Waals surface area contributed by atoms with Gasteiger partial charge in [0, 0.05) is 12.8 Å². The molecule has 1 heterocycles. The highest BCUT2D eigenvalue weighted by molar-refractivity contribution is 6.28. The second kappa shape index (κ2) is 4.94. The summed E-state index contributed by atoms with van der Waals surface area (Å²) in [5.74, 6) is -1.72. The number of furan rings is 1. The molecule has 2 nitrogen and oxygen atoms in total. The molecule has 0 aromatic carbocycles. The molecule has 1 aromatic rings. The van der Waals surface area contributed by atoms with Crippen LogP contribution in [0.2, 0.25) is 5.22 Å². The number of hydrogen-bond acceptors (Lipinski definition) is 2. The van der Waals surface area contributed by atoms with E-state index in [9.17, 15) is 8.78 Å². The first-order chi connectivity index (χ1) is 8.00. The fraction of sp³-hybridized carbons (Fsp3) is 0.667. The molecule has 0 spiro atoms. The van der Waals surface area contributed by atoms with Gasteiger partial charge in [-0.2, -0.15) is 0 Å². The third kappa shape index (κ3) is 3.19. The molecule has 0 saturated heterocycles. The Bertz CT molecular complexity index is 380. The summed E-state index contributed by atoms with van der Waals surface area (Å²) in [4.78, 5) is 0. The topological polar surface area (TPSA) is 25.2 Å². The minimum atomic E-state index is -2.48. The number of hydrogen-bond donors (Lipinski definition) is 1. The van der Waals surface area contributed by atoms with Gasteiger partial charge in [-0.3, -0.25) is 0 Å². The Balaban J connectivity index is 1.97. The second-order valence-corrected chi connectivity index (χ2v) is 5.06. The lowest BCUT2D eigenvalue weighted by molar-refractivity contribution is 0.00423. The number of nitrogens with one attached hydrogen (secondary N) is 1. The summed E-state index contributed by atoms with van der Waals surface area (Å²) in [5.41, 5.74) is 0. The summed E-state index contributed by atoms with van der Waals surface area (Å²) >= 11 is 5.71. The maximum Gasteiger partial charge on any atom is 0.248 e. The summed E-state index contributed by atoms with van der Waals surface area (Å²) in [5, 5.41) is 3.42. The third-order valence-electron chi connectivity index (χ3n) is 3.36. The Kier molecular flexibility index (Phi) is 3.73. The molecular weight excluding hydrogens is 248 g/mol. The first kappa shape index (κ1) is 12.8. The van der Waals surface area contributed by atoms with Gasteiger partial charge >= 0.3 is 0 Å². The highest BCUT2D eigenvalue weighted by Crippen LogP contribution is 2.42. The largest absolute Gasteiger partial charge is 0.448 e. The van der Waals surface area contributed by atoms with Gasteiger partial charge in [-0.1, -0.05) is 0 Å². The Labute approximate surface area is 104 Å². The predicted molar refractivity (Wildman–Crippen MR) is 62.4 cm³/mol. The maximum atomic E-state index is 13.1. The molecule has 2 rings (SSSR count). The van der Waals surface area contributed by atoms with E-state index in [1.165, 1.54) is 0 Å². The Morgan fingerprint density at radius 3 is 2.82 bits per heavy atom. The van der Waals surface area contributed by atoms with E-state index >= 15 is 0 Å². The first-order valence-corrected chi connectivity index (χ1v) is 6.18. The van der Waals surface area contributed by atoms with Crippen LogP contribution in [0.15, 0.2) is 16.5 Å². The van der Waals surface area contributed by atoms with Crippen molar-refractivity contribution in [3.63, 3.8) is 0 Å². The Morgan fingerprint density at radius 1 is 1.59 bits per heavy atom. The van der Waals surface area contributed by atoms with Crippen LogP contribution in [0, 0.1) is 5.92 Å². The minimum Gasteiger partial charge on any atom is -0.448 e. The molecule has 1 fully saturated rings. The standard InChI is InChI=1S/C12H16ClF2NO/c1-16-9(10-2-3-11(13)17-10)6-8-4-5-12(14,15)7-8/h2-3,8-9,16H,4-7H2,1H3. The van der Waals surface area contributed by atoms with Crippen LogP contribution in [0.4, 0.5) is 8.78 Å². The summed E-state index contributed by atoms with van der Waals surface area (Å²) in [6.45, 7) is 0. The van der Waals surface area contributed by atoms with Crippen molar-refractivity contribution < 1.29 is 13.2 Å². The molecule has 0 bridgehead atoms. The average molecular weight is 264 g/mol. The normalized spacial score (nSPS) is 25.1. The molecular formula is C12H16ClF2NO. The lowest BCUT2D eigenvalue weighted by Gasteiger charge is -2.18. The van der Waals surface area contributed by atoms with Gasteiger partial charge in [0.25, 0.3) is 0 Å². The van der Waals surface area contributed by atoms with E-state index in [1.54, 1.807) is 19.2 Å². The second-order valence-electron chi connectivity index (χ2n) is 4.68. The number of halogens is 3. The number of rotatable bonds is 4. The smallest absolute Gasteiger partial charge is 0.248 e. The van der Waals surface area contributed by atoms with Gasteiger partial charge in [-0.15, -0.1) is 0 Å². The van der Waals surface area contributed by atoms with E-state index in [1.807, 2.05) is 0 Å². The summed E-state index contributed by atoms with van der Waals surface area (Å²) in [6.07, 6.45) is 1.24. The first-order valence-electron chi connectivity index (χ1n) is 5.80. The zero-order valence-electron chi connectivity index (χ0n) is 9.68. The van der Waals surface area contributed by atoms with Crippen LogP contribution in [0.25, 0.3) is 0 Å². The molecule has 2 unspecified atom stereocenters. The van der Waals surface area contributed by atoms with Gasteiger partial charge in [0.1, 0.15) is 5.76 Å². The molecule has 17 heavy (non-hydrogen) atoms. The Morgan fingerprint density at radius 2 is 2.35 bits per heavy atom. The van der Waals surface area contributed by atoms with Crippen LogP contribution in [-0.4, -0.2) is 13.0 Å². The lowest BCUT2D eigenvalue weighted by atomic mass is 9.97. The van der Waals surface area contributed by atoms with E-state index in [0.717, 1.165) is 0 Å². The quantitative estimate of drug-likeness (QED) is 0.888. The maximum absolute atomic E-state index is 13.1. The molecule has 0 amide bonds. The van der Waals surface area contributed by atoms with Gasteiger partial charge in [0.15, 0.2) is 5.22 Å². The van der Waals surface area contributed by atoms with E-state index in [4.69, 9.17) is 16.0 Å². The van der Waals surface area contributed by atoms with Gasteiger partial charge < -0.3 is 9.73 Å². The summed E-state index contributed by atoms with van der Waals surface area (Å²) < 4.78 is 31.5. The van der Waals surface area contributed by atoms with Gasteiger partial charge in [0.2, 0.25) is 5.92 Å². The fourth-order valence-electron chi connectivity index (χ4n) is 2.47. The van der Waals surface area contributed by atoms with E-state index in [0.29, 0.717) is 23.8 Å². The summed E-state index contributed by atoms with van der Waals surface area (Å²) in [6, 6.07) is 3.42. The third-order valence-corrected chi connectivity index (χ3v) is 3.56. The zero-order chi connectivity index (χ0) is 12.5. The van der Waals surface area contributed by atoms with Crippen molar-refractivity contribution in [2.75, 3.05) is 7.05 Å². The Hall–Kier alpha value is -0.610. The molecule has 1 N–H and O–H groups in total. The van der Waals surface area contributed by atoms with Crippen LogP contribution < -0.4 is 5.32 Å². The van der Waals surface area contributed by atoms with Crippen LogP contribution in [0.3, 0.4) is 0 Å². The molecule has 1 saturated carbocycles. The van der Waals surface area contributed by atoms with Gasteiger partial charge in [-0.25, -0.2) is 8.78 Å². The molecule has 0 radical (unpaired) electrons. The SMILES string of the molecule is CNC(CC1CCC(F)(F)C1)c1ccc(Cl)o1. The van der Waals surface area contributed by atoms with Crippen molar-refractivity contribution in [2.45, 2.75) is 37.6 Å².